The smallest absolute Gasteiger partial charge is 0.219 e. The number of hydrogen-bond donors (Lipinski definition) is 3. The summed E-state index contributed by atoms with van der Waals surface area (Å²) in [5.74, 6) is -0.145. The van der Waals surface area contributed by atoms with Gasteiger partial charge >= 0.3 is 0 Å². The lowest BCUT2D eigenvalue weighted by atomic mass is 10.1. The Morgan fingerprint density at radius 2 is 1.96 bits per heavy atom. The van der Waals surface area contributed by atoms with Crippen molar-refractivity contribution >= 4 is 18.5 Å². The van der Waals surface area contributed by atoms with Crippen LogP contribution in [0.2, 0.25) is 0 Å². The maximum absolute atomic E-state index is 11.4. The zero-order chi connectivity index (χ0) is 21.2. The molecule has 28 heavy (non-hydrogen) atoms. The van der Waals surface area contributed by atoms with Crippen molar-refractivity contribution < 1.29 is 19.3 Å². The molecule has 0 fully saturated rings. The molecule has 0 rings (SSSR count). The molecule has 158 valence electrons. The molecule has 0 aliphatic rings. The Bertz CT molecular complexity index is 546. The number of allylic oxidation sites excluding steroid dienone is 4. The fourth-order valence-electron chi connectivity index (χ4n) is 2.33. The van der Waals surface area contributed by atoms with Gasteiger partial charge < -0.3 is 20.2 Å². The van der Waals surface area contributed by atoms with Crippen LogP contribution in [-0.4, -0.2) is 50.2 Å². The standard InChI is InChI=1S/C20H34N4O4/c1-17(23-14-7-5-6-8-15-25)10-9-11-18(2)24(28-22-4)19(16-26)12-13-20(27)21-3/h9-11,15-16,19,22-23H,2,5-8,12-14H2,1,3-4H3,(H,21,27)/b11-9-,17-10+. The average Bonchev–Trinajstić information content (AvgIpc) is 2.69. The summed E-state index contributed by atoms with van der Waals surface area (Å²) >= 11 is 0. The first-order chi connectivity index (χ1) is 13.5. The highest BCUT2D eigenvalue weighted by atomic mass is 16.8. The molecule has 0 aliphatic carbocycles. The van der Waals surface area contributed by atoms with Gasteiger partial charge in [0.25, 0.3) is 0 Å². The van der Waals surface area contributed by atoms with Crippen molar-refractivity contribution in [3.8, 4) is 0 Å². The second kappa shape index (κ2) is 16.7. The SMILES string of the molecule is C=C(/C=C\C=C(/C)NCCCCCC=O)N(ONC)C(C=O)CCC(=O)NC. The molecule has 1 atom stereocenters. The first-order valence-corrected chi connectivity index (χ1v) is 9.50. The van der Waals surface area contributed by atoms with E-state index in [4.69, 9.17) is 4.94 Å². The zero-order valence-electron chi connectivity index (χ0n) is 17.2. The number of amides is 1. The number of hydroxylamine groups is 3. The third kappa shape index (κ3) is 12.0. The molecule has 0 saturated heterocycles. The molecule has 8 heteroatoms. The van der Waals surface area contributed by atoms with Crippen molar-refractivity contribution in [1.82, 2.24) is 21.2 Å². The van der Waals surface area contributed by atoms with Gasteiger partial charge in [-0.05, 0) is 38.3 Å². The molecule has 0 radical (unpaired) electrons. The minimum atomic E-state index is -0.642. The first-order valence-electron chi connectivity index (χ1n) is 9.50. The van der Waals surface area contributed by atoms with Gasteiger partial charge in [0.15, 0.2) is 0 Å². The Morgan fingerprint density at radius 1 is 1.21 bits per heavy atom. The first kappa shape index (κ1) is 25.6. The topological polar surface area (TPSA) is 99.8 Å². The summed E-state index contributed by atoms with van der Waals surface area (Å²) in [6, 6.07) is -0.642. The van der Waals surface area contributed by atoms with E-state index in [1.54, 1.807) is 20.2 Å². The average molecular weight is 395 g/mol. The van der Waals surface area contributed by atoms with Crippen LogP contribution in [0.3, 0.4) is 0 Å². The summed E-state index contributed by atoms with van der Waals surface area (Å²) in [6.07, 6.45) is 11.2. The number of aldehydes is 2. The predicted molar refractivity (Wildman–Crippen MR) is 110 cm³/mol. The zero-order valence-corrected chi connectivity index (χ0v) is 17.2. The van der Waals surface area contributed by atoms with Crippen molar-refractivity contribution in [2.75, 3.05) is 20.6 Å². The monoisotopic (exact) mass is 394 g/mol. The van der Waals surface area contributed by atoms with Gasteiger partial charge in [0, 0.05) is 39.2 Å². The van der Waals surface area contributed by atoms with Crippen molar-refractivity contribution in [3.63, 3.8) is 0 Å². The maximum atomic E-state index is 11.4. The van der Waals surface area contributed by atoms with Crippen LogP contribution in [0.4, 0.5) is 0 Å². The largest absolute Gasteiger partial charge is 0.389 e. The molecular weight excluding hydrogens is 360 g/mol. The molecule has 1 amide bonds. The van der Waals surface area contributed by atoms with E-state index in [1.165, 1.54) is 5.06 Å². The molecular formula is C20H34N4O4. The second-order valence-electron chi connectivity index (χ2n) is 6.18. The highest BCUT2D eigenvalue weighted by molar-refractivity contribution is 5.76. The van der Waals surface area contributed by atoms with Gasteiger partial charge in [0.1, 0.15) is 18.6 Å². The molecule has 0 aliphatic heterocycles. The summed E-state index contributed by atoms with van der Waals surface area (Å²) in [7, 11) is 3.13. The van der Waals surface area contributed by atoms with Crippen molar-refractivity contribution in [3.05, 3.63) is 36.2 Å². The van der Waals surface area contributed by atoms with Crippen molar-refractivity contribution in [1.29, 1.82) is 0 Å². The van der Waals surface area contributed by atoms with Gasteiger partial charge in [0.2, 0.25) is 5.91 Å². The quantitative estimate of drug-likeness (QED) is 0.150. The molecule has 8 nitrogen and oxygen atoms in total. The predicted octanol–water partition coefficient (Wildman–Crippen LogP) is 1.77. The van der Waals surface area contributed by atoms with Gasteiger partial charge in [0.05, 0.1) is 5.70 Å². The Hall–Kier alpha value is -2.45. The van der Waals surface area contributed by atoms with Crippen LogP contribution in [0.25, 0.3) is 0 Å². The van der Waals surface area contributed by atoms with Crippen LogP contribution in [0, 0.1) is 0 Å². The van der Waals surface area contributed by atoms with Crippen LogP contribution >= 0.6 is 0 Å². The Balaban J connectivity index is 4.60. The van der Waals surface area contributed by atoms with Crippen molar-refractivity contribution in [2.45, 2.75) is 51.5 Å². The fourth-order valence-corrected chi connectivity index (χ4v) is 2.33. The van der Waals surface area contributed by atoms with Crippen LogP contribution in [-0.2, 0) is 19.3 Å². The van der Waals surface area contributed by atoms with Crippen LogP contribution in [0.1, 0.15) is 45.4 Å². The molecule has 0 spiro atoms. The number of carbonyl (C=O) groups excluding carboxylic acids is 3. The molecule has 0 aromatic rings. The number of rotatable bonds is 17. The molecule has 3 N–H and O–H groups in total. The number of nitrogens with zero attached hydrogens (tertiary/aromatic N) is 1. The summed E-state index contributed by atoms with van der Waals surface area (Å²) in [4.78, 5) is 38.4. The Morgan fingerprint density at radius 3 is 2.57 bits per heavy atom. The maximum Gasteiger partial charge on any atom is 0.219 e. The molecule has 0 heterocycles. The number of unbranched alkanes of at least 4 members (excludes halogenated alkanes) is 3. The van der Waals surface area contributed by atoms with Gasteiger partial charge in [-0.25, -0.2) is 5.06 Å². The molecule has 0 aromatic heterocycles. The summed E-state index contributed by atoms with van der Waals surface area (Å²) in [6.45, 7) is 6.73. The van der Waals surface area contributed by atoms with E-state index in [0.717, 1.165) is 44.1 Å². The summed E-state index contributed by atoms with van der Waals surface area (Å²) in [5, 5.41) is 7.16. The molecule has 0 bridgehead atoms. The molecule has 0 aromatic carbocycles. The van der Waals surface area contributed by atoms with E-state index in [-0.39, 0.29) is 12.3 Å². The highest BCUT2D eigenvalue weighted by Crippen LogP contribution is 2.13. The molecule has 0 saturated carbocycles. The number of carbonyl (C=O) groups is 3. The van der Waals surface area contributed by atoms with Crippen LogP contribution in [0.15, 0.2) is 36.2 Å². The lowest BCUT2D eigenvalue weighted by Gasteiger charge is -2.28. The van der Waals surface area contributed by atoms with Crippen LogP contribution in [0.5, 0.6) is 0 Å². The fraction of sp³-hybridized carbons (Fsp3) is 0.550. The van der Waals surface area contributed by atoms with Gasteiger partial charge in [-0.2, -0.15) is 10.4 Å². The van der Waals surface area contributed by atoms with Gasteiger partial charge in [-0.1, -0.05) is 19.1 Å². The number of nitrogens with one attached hydrogen (secondary N) is 3. The third-order valence-electron chi connectivity index (χ3n) is 3.91. The second-order valence-corrected chi connectivity index (χ2v) is 6.18. The van der Waals surface area contributed by atoms with E-state index < -0.39 is 6.04 Å². The lowest BCUT2D eigenvalue weighted by molar-refractivity contribution is -0.198. The van der Waals surface area contributed by atoms with Gasteiger partial charge in [-0.3, -0.25) is 4.79 Å². The van der Waals surface area contributed by atoms with E-state index in [2.05, 4.69) is 22.7 Å². The lowest BCUT2D eigenvalue weighted by Crippen LogP contribution is -2.39. The minimum absolute atomic E-state index is 0.145. The molecule has 1 unspecified atom stereocenters. The normalized spacial score (nSPS) is 12.5. The number of hydrogen-bond acceptors (Lipinski definition) is 7. The van der Waals surface area contributed by atoms with E-state index in [0.29, 0.717) is 18.5 Å². The summed E-state index contributed by atoms with van der Waals surface area (Å²) in [5.41, 5.74) is 4.00. The summed E-state index contributed by atoms with van der Waals surface area (Å²) < 4.78 is 0. The minimum Gasteiger partial charge on any atom is -0.389 e. The Kier molecular flexibility index (Phi) is 15.2. The highest BCUT2D eigenvalue weighted by Gasteiger charge is 2.20. The van der Waals surface area contributed by atoms with Gasteiger partial charge in [-0.15, -0.1) is 0 Å². The van der Waals surface area contributed by atoms with E-state index >= 15 is 0 Å². The van der Waals surface area contributed by atoms with Crippen LogP contribution < -0.4 is 16.1 Å². The van der Waals surface area contributed by atoms with Crippen molar-refractivity contribution in [2.24, 2.45) is 0 Å². The third-order valence-corrected chi connectivity index (χ3v) is 3.91. The van der Waals surface area contributed by atoms with E-state index in [9.17, 15) is 14.4 Å². The van der Waals surface area contributed by atoms with E-state index in [1.807, 2.05) is 19.1 Å². The Labute approximate surface area is 168 Å².